The smallest absolute Gasteiger partial charge is 0.225 e. The summed E-state index contributed by atoms with van der Waals surface area (Å²) in [7, 11) is 0. The molecule has 1 aromatic heterocycles. The second-order valence-electron chi connectivity index (χ2n) is 5.46. The topological polar surface area (TPSA) is 106 Å². The van der Waals surface area contributed by atoms with Crippen molar-refractivity contribution in [1.82, 2.24) is 25.2 Å². The number of nitrogen functional groups attached to an aromatic ring is 2. The van der Waals surface area contributed by atoms with Gasteiger partial charge in [-0.1, -0.05) is 6.92 Å². The molecule has 2 saturated heterocycles. The van der Waals surface area contributed by atoms with Gasteiger partial charge in [0.1, 0.15) is 5.82 Å². The molecule has 3 atom stereocenters. The number of anilines is 2. The van der Waals surface area contributed by atoms with Crippen molar-refractivity contribution < 1.29 is 0 Å². The summed E-state index contributed by atoms with van der Waals surface area (Å²) in [6.45, 7) is 6.30. The second kappa shape index (κ2) is 4.90. The third-order valence-corrected chi connectivity index (χ3v) is 4.30. The van der Waals surface area contributed by atoms with Gasteiger partial charge in [-0.15, -0.1) is 0 Å². The molecule has 7 nitrogen and oxygen atoms in total. The molecule has 0 spiro atoms. The number of likely N-dealkylation sites (tertiary alicyclic amines) is 1. The summed E-state index contributed by atoms with van der Waals surface area (Å²) in [5, 5.41) is 3.48. The van der Waals surface area contributed by atoms with E-state index >= 15 is 0 Å². The average molecular weight is 263 g/mol. The molecular formula is C12H21N7. The molecule has 0 aliphatic carbocycles. The van der Waals surface area contributed by atoms with E-state index in [-0.39, 0.29) is 11.9 Å². The Morgan fingerprint density at radius 2 is 1.95 bits per heavy atom. The minimum atomic E-state index is 0.205. The molecule has 3 unspecified atom stereocenters. The van der Waals surface area contributed by atoms with Crippen LogP contribution in [0.15, 0.2) is 0 Å². The van der Waals surface area contributed by atoms with Crippen LogP contribution in [0.5, 0.6) is 0 Å². The second-order valence-corrected chi connectivity index (χ2v) is 5.46. The number of nitrogens with zero attached hydrogens (tertiary/aromatic N) is 4. The van der Waals surface area contributed by atoms with Crippen LogP contribution < -0.4 is 16.8 Å². The predicted molar refractivity (Wildman–Crippen MR) is 73.0 cm³/mol. The van der Waals surface area contributed by atoms with Gasteiger partial charge in [-0.3, -0.25) is 4.90 Å². The average Bonchev–Trinajstić information content (AvgIpc) is 2.87. The van der Waals surface area contributed by atoms with Crippen LogP contribution >= 0.6 is 0 Å². The Morgan fingerprint density at radius 1 is 1.21 bits per heavy atom. The summed E-state index contributed by atoms with van der Waals surface area (Å²) in [6.07, 6.45) is 1.15. The van der Waals surface area contributed by atoms with E-state index in [0.717, 1.165) is 37.9 Å². The lowest BCUT2D eigenvalue weighted by atomic mass is 9.93. The Balaban J connectivity index is 1.75. The Hall–Kier alpha value is -1.47. The van der Waals surface area contributed by atoms with Gasteiger partial charge in [-0.25, -0.2) is 0 Å². The van der Waals surface area contributed by atoms with Gasteiger partial charge in [0.15, 0.2) is 0 Å². The highest BCUT2D eigenvalue weighted by Crippen LogP contribution is 2.34. The number of nitrogens with one attached hydrogen (secondary N) is 1. The van der Waals surface area contributed by atoms with Gasteiger partial charge in [-0.05, 0) is 31.3 Å². The molecule has 0 amide bonds. The zero-order chi connectivity index (χ0) is 13.4. The summed E-state index contributed by atoms with van der Waals surface area (Å²) < 4.78 is 0. The van der Waals surface area contributed by atoms with Gasteiger partial charge in [0.25, 0.3) is 0 Å². The van der Waals surface area contributed by atoms with E-state index in [1.165, 1.54) is 0 Å². The molecule has 0 aromatic carbocycles. The molecule has 3 rings (SSSR count). The van der Waals surface area contributed by atoms with E-state index in [9.17, 15) is 0 Å². The zero-order valence-corrected chi connectivity index (χ0v) is 11.2. The Bertz CT molecular complexity index is 443. The van der Waals surface area contributed by atoms with E-state index in [4.69, 9.17) is 11.5 Å². The van der Waals surface area contributed by atoms with Crippen LogP contribution in [-0.2, 0) is 6.54 Å². The first-order valence-electron chi connectivity index (χ1n) is 6.88. The number of hydrogen-bond acceptors (Lipinski definition) is 7. The van der Waals surface area contributed by atoms with E-state index in [1.54, 1.807) is 0 Å². The fourth-order valence-electron chi connectivity index (χ4n) is 3.56. The highest BCUT2D eigenvalue weighted by molar-refractivity contribution is 5.25. The van der Waals surface area contributed by atoms with Crippen molar-refractivity contribution in [2.45, 2.75) is 25.9 Å². The normalized spacial score (nSPS) is 30.7. The Morgan fingerprint density at radius 3 is 2.63 bits per heavy atom. The van der Waals surface area contributed by atoms with E-state index < -0.39 is 0 Å². The van der Waals surface area contributed by atoms with Gasteiger partial charge < -0.3 is 16.8 Å². The van der Waals surface area contributed by atoms with Crippen molar-refractivity contribution in [1.29, 1.82) is 0 Å². The molecule has 7 heteroatoms. The monoisotopic (exact) mass is 263 g/mol. The largest absolute Gasteiger partial charge is 0.368 e. The molecule has 0 radical (unpaired) electrons. The lowest BCUT2D eigenvalue weighted by Gasteiger charge is -2.26. The molecule has 5 N–H and O–H groups in total. The Kier molecular flexibility index (Phi) is 3.24. The summed E-state index contributed by atoms with van der Waals surface area (Å²) in [4.78, 5) is 14.6. The number of fused-ring (bicyclic) bond motifs is 1. The highest BCUT2D eigenvalue weighted by atomic mass is 15.2. The first-order chi connectivity index (χ1) is 9.17. The van der Waals surface area contributed by atoms with Crippen molar-refractivity contribution in [2.75, 3.05) is 31.1 Å². The van der Waals surface area contributed by atoms with Crippen molar-refractivity contribution in [3.8, 4) is 0 Å². The van der Waals surface area contributed by atoms with E-state index in [1.807, 2.05) is 0 Å². The van der Waals surface area contributed by atoms with Gasteiger partial charge in [0, 0.05) is 12.6 Å². The van der Waals surface area contributed by atoms with Gasteiger partial charge in [0.2, 0.25) is 11.9 Å². The van der Waals surface area contributed by atoms with E-state index in [0.29, 0.717) is 18.4 Å². The molecule has 0 bridgehead atoms. The van der Waals surface area contributed by atoms with Crippen LogP contribution in [0.25, 0.3) is 0 Å². The van der Waals surface area contributed by atoms with Gasteiger partial charge >= 0.3 is 0 Å². The van der Waals surface area contributed by atoms with Crippen LogP contribution in [0.1, 0.15) is 19.2 Å². The third kappa shape index (κ3) is 2.35. The first kappa shape index (κ1) is 12.6. The lowest BCUT2D eigenvalue weighted by Crippen LogP contribution is -2.35. The molecule has 2 fully saturated rings. The number of nitrogens with two attached hydrogens (primary N) is 2. The van der Waals surface area contributed by atoms with Gasteiger partial charge in [-0.2, -0.15) is 15.0 Å². The van der Waals surface area contributed by atoms with Crippen LogP contribution in [0.2, 0.25) is 0 Å². The van der Waals surface area contributed by atoms with Crippen LogP contribution in [-0.4, -0.2) is 45.5 Å². The lowest BCUT2D eigenvalue weighted by molar-refractivity contribution is 0.205. The van der Waals surface area contributed by atoms with E-state index in [2.05, 4.69) is 32.1 Å². The molecule has 3 heterocycles. The summed E-state index contributed by atoms with van der Waals surface area (Å²) in [5.74, 6) is 2.59. The summed E-state index contributed by atoms with van der Waals surface area (Å²) in [6, 6.07) is 0.596. The van der Waals surface area contributed by atoms with Crippen molar-refractivity contribution in [3.63, 3.8) is 0 Å². The molecule has 0 saturated carbocycles. The Labute approximate surface area is 112 Å². The fraction of sp³-hybridized carbons (Fsp3) is 0.750. The van der Waals surface area contributed by atoms with Crippen LogP contribution in [0.4, 0.5) is 11.9 Å². The number of rotatable bonds is 3. The number of aromatic nitrogens is 3. The van der Waals surface area contributed by atoms with Crippen LogP contribution in [0, 0.1) is 11.8 Å². The molecule has 104 valence electrons. The highest BCUT2D eigenvalue weighted by Gasteiger charge is 2.43. The van der Waals surface area contributed by atoms with Gasteiger partial charge in [0.05, 0.1) is 6.54 Å². The summed E-state index contributed by atoms with van der Waals surface area (Å²) in [5.41, 5.74) is 11.2. The maximum Gasteiger partial charge on any atom is 0.225 e. The minimum absolute atomic E-state index is 0.205. The molecule has 1 aromatic rings. The predicted octanol–water partition coefficient (Wildman–Crippen LogP) is -0.534. The minimum Gasteiger partial charge on any atom is -0.368 e. The quantitative estimate of drug-likeness (QED) is 0.672. The maximum atomic E-state index is 5.62. The SMILES string of the molecule is CCC1C2CNCC2CN1Cc1nc(N)nc(N)n1. The molecule has 19 heavy (non-hydrogen) atoms. The molecular weight excluding hydrogens is 242 g/mol. The zero-order valence-electron chi connectivity index (χ0n) is 11.2. The van der Waals surface area contributed by atoms with Crippen molar-refractivity contribution in [2.24, 2.45) is 11.8 Å². The maximum absolute atomic E-state index is 5.62. The van der Waals surface area contributed by atoms with Crippen LogP contribution in [0.3, 0.4) is 0 Å². The third-order valence-electron chi connectivity index (χ3n) is 4.30. The number of hydrogen-bond donors (Lipinski definition) is 3. The van der Waals surface area contributed by atoms with Crippen molar-refractivity contribution in [3.05, 3.63) is 5.82 Å². The standard InChI is InChI=1S/C12H21N7/c1-2-9-8-4-15-3-7(8)5-19(9)6-10-16-11(13)18-12(14)17-10/h7-9,15H,2-6H2,1H3,(H4,13,14,16,17,18). The molecule has 2 aliphatic heterocycles. The molecule has 2 aliphatic rings. The summed E-state index contributed by atoms with van der Waals surface area (Å²) >= 11 is 0. The first-order valence-corrected chi connectivity index (χ1v) is 6.88. The fourth-order valence-corrected chi connectivity index (χ4v) is 3.56. The van der Waals surface area contributed by atoms with Crippen molar-refractivity contribution >= 4 is 11.9 Å².